The Labute approximate surface area is 77.6 Å². The van der Waals surface area contributed by atoms with E-state index in [9.17, 15) is 9.59 Å². The van der Waals surface area contributed by atoms with E-state index in [1.807, 2.05) is 0 Å². The average Bonchev–Trinajstić information content (AvgIpc) is 2.12. The van der Waals surface area contributed by atoms with Gasteiger partial charge in [-0.25, -0.2) is 0 Å². The first-order valence-electron chi connectivity index (χ1n) is 4.06. The summed E-state index contributed by atoms with van der Waals surface area (Å²) in [6.07, 6.45) is 5.15. The average molecular weight is 183 g/mol. The second kappa shape index (κ2) is 7.17. The standard InChI is InChI=1S/C9H13NO3/c1-3-7-10-8(11)5-6-9(12)13-4-2/h1H,4-7H2,2H3,(H,10,11). The van der Waals surface area contributed by atoms with Crippen molar-refractivity contribution < 1.29 is 14.3 Å². The third kappa shape index (κ3) is 6.88. The maximum absolute atomic E-state index is 10.9. The molecule has 0 heterocycles. The van der Waals surface area contributed by atoms with Gasteiger partial charge in [0.05, 0.1) is 19.6 Å². The Morgan fingerprint density at radius 3 is 2.69 bits per heavy atom. The highest BCUT2D eigenvalue weighted by Crippen LogP contribution is 1.92. The molecule has 1 amide bonds. The number of carbonyl (C=O) groups excluding carboxylic acids is 2. The van der Waals surface area contributed by atoms with Crippen LogP contribution in [0.1, 0.15) is 19.8 Å². The van der Waals surface area contributed by atoms with Crippen molar-refractivity contribution in [1.29, 1.82) is 0 Å². The molecule has 0 aromatic rings. The summed E-state index contributed by atoms with van der Waals surface area (Å²) in [4.78, 5) is 21.7. The molecule has 0 spiro atoms. The van der Waals surface area contributed by atoms with Crippen molar-refractivity contribution in [2.75, 3.05) is 13.2 Å². The summed E-state index contributed by atoms with van der Waals surface area (Å²) in [5.74, 6) is 1.67. The molecule has 0 fully saturated rings. The van der Waals surface area contributed by atoms with Gasteiger partial charge in [-0.2, -0.15) is 0 Å². The Hall–Kier alpha value is -1.50. The summed E-state index contributed by atoms with van der Waals surface area (Å²) < 4.78 is 4.64. The summed E-state index contributed by atoms with van der Waals surface area (Å²) >= 11 is 0. The molecule has 13 heavy (non-hydrogen) atoms. The Kier molecular flexibility index (Phi) is 6.34. The summed E-state index contributed by atoms with van der Waals surface area (Å²) in [6, 6.07) is 0. The van der Waals surface area contributed by atoms with Crippen LogP contribution in [0, 0.1) is 12.3 Å². The zero-order chi connectivity index (χ0) is 10.1. The van der Waals surface area contributed by atoms with E-state index in [0.29, 0.717) is 6.61 Å². The number of amides is 1. The molecule has 0 unspecified atom stereocenters. The fourth-order valence-corrected chi connectivity index (χ4v) is 0.687. The van der Waals surface area contributed by atoms with Gasteiger partial charge in [0, 0.05) is 6.42 Å². The lowest BCUT2D eigenvalue weighted by atomic mass is 10.3. The van der Waals surface area contributed by atoms with Gasteiger partial charge in [0.2, 0.25) is 5.91 Å². The third-order valence-corrected chi connectivity index (χ3v) is 1.25. The molecule has 0 radical (unpaired) electrons. The molecule has 4 nitrogen and oxygen atoms in total. The molecular formula is C9H13NO3. The van der Waals surface area contributed by atoms with E-state index in [1.165, 1.54) is 0 Å². The topological polar surface area (TPSA) is 55.4 Å². The van der Waals surface area contributed by atoms with Crippen LogP contribution < -0.4 is 5.32 Å². The minimum Gasteiger partial charge on any atom is -0.466 e. The number of esters is 1. The first kappa shape index (κ1) is 11.5. The zero-order valence-electron chi connectivity index (χ0n) is 7.63. The maximum Gasteiger partial charge on any atom is 0.306 e. The highest BCUT2D eigenvalue weighted by atomic mass is 16.5. The maximum atomic E-state index is 10.9. The van der Waals surface area contributed by atoms with E-state index >= 15 is 0 Å². The molecule has 0 saturated carbocycles. The summed E-state index contributed by atoms with van der Waals surface area (Å²) in [6.45, 7) is 2.25. The van der Waals surface area contributed by atoms with Gasteiger partial charge >= 0.3 is 5.97 Å². The third-order valence-electron chi connectivity index (χ3n) is 1.25. The first-order chi connectivity index (χ1) is 6.20. The molecular weight excluding hydrogens is 170 g/mol. The van der Waals surface area contributed by atoms with Crippen molar-refractivity contribution in [2.24, 2.45) is 0 Å². The Morgan fingerprint density at radius 2 is 2.15 bits per heavy atom. The molecule has 0 aliphatic rings. The Morgan fingerprint density at radius 1 is 1.46 bits per heavy atom. The summed E-state index contributed by atoms with van der Waals surface area (Å²) in [5.41, 5.74) is 0. The van der Waals surface area contributed by atoms with Crippen molar-refractivity contribution in [2.45, 2.75) is 19.8 Å². The normalized spacial score (nSPS) is 8.62. The van der Waals surface area contributed by atoms with Crippen molar-refractivity contribution in [3.8, 4) is 12.3 Å². The van der Waals surface area contributed by atoms with Crippen LogP contribution >= 0.6 is 0 Å². The van der Waals surface area contributed by atoms with Crippen LogP contribution in [-0.2, 0) is 14.3 Å². The predicted molar refractivity (Wildman–Crippen MR) is 47.7 cm³/mol. The zero-order valence-corrected chi connectivity index (χ0v) is 7.63. The van der Waals surface area contributed by atoms with E-state index in [-0.39, 0.29) is 31.3 Å². The van der Waals surface area contributed by atoms with Crippen LogP contribution in [0.4, 0.5) is 0 Å². The lowest BCUT2D eigenvalue weighted by Crippen LogP contribution is -2.24. The van der Waals surface area contributed by atoms with Gasteiger partial charge in [-0.15, -0.1) is 6.42 Å². The van der Waals surface area contributed by atoms with Crippen LogP contribution in [0.3, 0.4) is 0 Å². The molecule has 0 aliphatic carbocycles. The molecule has 0 aromatic heterocycles. The van der Waals surface area contributed by atoms with Crippen molar-refractivity contribution in [3.05, 3.63) is 0 Å². The van der Waals surface area contributed by atoms with Crippen molar-refractivity contribution >= 4 is 11.9 Å². The van der Waals surface area contributed by atoms with Crippen molar-refractivity contribution in [3.63, 3.8) is 0 Å². The molecule has 0 saturated heterocycles. The van der Waals surface area contributed by atoms with Gasteiger partial charge in [0.1, 0.15) is 0 Å². The minimum absolute atomic E-state index is 0.101. The van der Waals surface area contributed by atoms with E-state index in [1.54, 1.807) is 6.92 Å². The number of hydrogen-bond donors (Lipinski definition) is 1. The molecule has 0 rings (SSSR count). The fourth-order valence-electron chi connectivity index (χ4n) is 0.687. The molecule has 72 valence electrons. The highest BCUT2D eigenvalue weighted by Gasteiger charge is 2.05. The summed E-state index contributed by atoms with van der Waals surface area (Å²) in [7, 11) is 0. The Bertz CT molecular complexity index is 217. The number of terminal acetylenes is 1. The predicted octanol–water partition coefficient (Wildman–Crippen LogP) is 0.0791. The van der Waals surface area contributed by atoms with E-state index < -0.39 is 0 Å². The van der Waals surface area contributed by atoms with Crippen LogP contribution in [0.2, 0.25) is 0 Å². The van der Waals surface area contributed by atoms with Gasteiger partial charge in [-0.05, 0) is 6.92 Å². The van der Waals surface area contributed by atoms with Gasteiger partial charge in [0.15, 0.2) is 0 Å². The molecule has 0 aromatic carbocycles. The molecule has 1 N–H and O–H groups in total. The SMILES string of the molecule is C#CCNC(=O)CCC(=O)OCC. The second-order valence-corrected chi connectivity index (χ2v) is 2.29. The van der Waals surface area contributed by atoms with Crippen molar-refractivity contribution in [1.82, 2.24) is 5.32 Å². The fraction of sp³-hybridized carbons (Fsp3) is 0.556. The molecule has 0 aliphatic heterocycles. The monoisotopic (exact) mass is 183 g/mol. The molecule has 0 atom stereocenters. The van der Waals surface area contributed by atoms with Gasteiger partial charge in [-0.3, -0.25) is 9.59 Å². The summed E-state index contributed by atoms with van der Waals surface area (Å²) in [5, 5.41) is 2.45. The largest absolute Gasteiger partial charge is 0.466 e. The van der Waals surface area contributed by atoms with Crippen LogP contribution in [0.25, 0.3) is 0 Å². The smallest absolute Gasteiger partial charge is 0.306 e. The van der Waals surface area contributed by atoms with Crippen LogP contribution in [0.15, 0.2) is 0 Å². The van der Waals surface area contributed by atoms with Gasteiger partial charge in [-0.1, -0.05) is 5.92 Å². The first-order valence-corrected chi connectivity index (χ1v) is 4.06. The lowest BCUT2D eigenvalue weighted by molar-refractivity contribution is -0.144. The molecule has 4 heteroatoms. The number of rotatable bonds is 5. The van der Waals surface area contributed by atoms with E-state index in [2.05, 4.69) is 16.0 Å². The number of hydrogen-bond acceptors (Lipinski definition) is 3. The number of ether oxygens (including phenoxy) is 1. The number of nitrogens with one attached hydrogen (secondary N) is 1. The van der Waals surface area contributed by atoms with E-state index in [0.717, 1.165) is 0 Å². The Balaban J connectivity index is 3.47. The second-order valence-electron chi connectivity index (χ2n) is 2.29. The van der Waals surface area contributed by atoms with E-state index in [4.69, 9.17) is 6.42 Å². The quantitative estimate of drug-likeness (QED) is 0.485. The number of carbonyl (C=O) groups is 2. The van der Waals surface area contributed by atoms with Crippen LogP contribution in [-0.4, -0.2) is 25.0 Å². The van der Waals surface area contributed by atoms with Crippen LogP contribution in [0.5, 0.6) is 0 Å². The highest BCUT2D eigenvalue weighted by molar-refractivity contribution is 5.81. The van der Waals surface area contributed by atoms with Gasteiger partial charge < -0.3 is 10.1 Å². The lowest BCUT2D eigenvalue weighted by Gasteiger charge is -2.01. The molecule has 0 bridgehead atoms. The minimum atomic E-state index is -0.363. The van der Waals surface area contributed by atoms with Gasteiger partial charge in [0.25, 0.3) is 0 Å².